The first-order valence-corrected chi connectivity index (χ1v) is 7.95. The van der Waals surface area contributed by atoms with E-state index in [0.29, 0.717) is 12.4 Å². The summed E-state index contributed by atoms with van der Waals surface area (Å²) >= 11 is 0. The average molecular weight is 326 g/mol. The van der Waals surface area contributed by atoms with Gasteiger partial charge < -0.3 is 26.2 Å². The fourth-order valence-corrected chi connectivity index (χ4v) is 2.78. The lowest BCUT2D eigenvalue weighted by atomic mass is 10.1. The van der Waals surface area contributed by atoms with Crippen LogP contribution < -0.4 is 11.1 Å². The summed E-state index contributed by atoms with van der Waals surface area (Å²) in [5.74, 6) is 0.699. The lowest BCUT2D eigenvalue weighted by Gasteiger charge is -2.17. The number of aromatic nitrogens is 2. The van der Waals surface area contributed by atoms with Crippen molar-refractivity contribution in [3.05, 3.63) is 53.9 Å². The van der Waals surface area contributed by atoms with Gasteiger partial charge in [0, 0.05) is 41.4 Å². The lowest BCUT2D eigenvalue weighted by molar-refractivity contribution is 0.170. The van der Waals surface area contributed by atoms with E-state index in [1.165, 1.54) is 0 Å². The number of phenolic OH excluding ortho intramolecular Hbond substituents is 1. The Morgan fingerprint density at radius 3 is 2.88 bits per heavy atom. The van der Waals surface area contributed by atoms with Crippen LogP contribution in [0.3, 0.4) is 0 Å². The SMILES string of the molecule is C[C@@H](Cc1c[nH]c2ccc(O)cc12)NC[C@H](O)c1ccc(N)nc1. The number of fused-ring (bicyclic) bond motifs is 1. The molecule has 6 N–H and O–H groups in total. The number of anilines is 1. The molecule has 3 aromatic rings. The molecule has 2 heterocycles. The molecule has 0 spiro atoms. The molecule has 0 fully saturated rings. The Balaban J connectivity index is 1.59. The van der Waals surface area contributed by atoms with Crippen molar-refractivity contribution in [2.24, 2.45) is 0 Å². The molecule has 0 aliphatic heterocycles. The van der Waals surface area contributed by atoms with Gasteiger partial charge in [-0.3, -0.25) is 0 Å². The van der Waals surface area contributed by atoms with E-state index in [-0.39, 0.29) is 11.8 Å². The van der Waals surface area contributed by atoms with Crippen molar-refractivity contribution >= 4 is 16.7 Å². The lowest BCUT2D eigenvalue weighted by Crippen LogP contribution is -2.32. The number of nitrogen functional groups attached to an aromatic ring is 1. The smallest absolute Gasteiger partial charge is 0.123 e. The average Bonchev–Trinajstić information content (AvgIpc) is 2.95. The number of H-pyrrole nitrogens is 1. The molecule has 0 aliphatic rings. The Hall–Kier alpha value is -2.57. The first-order chi connectivity index (χ1) is 11.5. The van der Waals surface area contributed by atoms with Gasteiger partial charge in [-0.05, 0) is 43.2 Å². The number of hydrogen-bond donors (Lipinski definition) is 5. The van der Waals surface area contributed by atoms with Gasteiger partial charge in [0.25, 0.3) is 0 Å². The van der Waals surface area contributed by atoms with Crippen LogP contribution >= 0.6 is 0 Å². The summed E-state index contributed by atoms with van der Waals surface area (Å²) in [7, 11) is 0. The molecule has 0 saturated heterocycles. The third kappa shape index (κ3) is 3.67. The maximum Gasteiger partial charge on any atom is 0.123 e. The maximum absolute atomic E-state index is 10.2. The van der Waals surface area contributed by atoms with Crippen molar-refractivity contribution in [2.45, 2.75) is 25.5 Å². The summed E-state index contributed by atoms with van der Waals surface area (Å²) < 4.78 is 0. The summed E-state index contributed by atoms with van der Waals surface area (Å²) in [5, 5.41) is 24.2. The second-order valence-electron chi connectivity index (χ2n) is 6.09. The molecule has 1 aromatic carbocycles. The maximum atomic E-state index is 10.2. The number of aliphatic hydroxyl groups excluding tert-OH is 1. The van der Waals surface area contributed by atoms with Gasteiger partial charge in [-0.1, -0.05) is 6.07 Å². The predicted octanol–water partition coefficient (Wildman–Crippen LogP) is 2.10. The topological polar surface area (TPSA) is 107 Å². The highest BCUT2D eigenvalue weighted by atomic mass is 16.3. The van der Waals surface area contributed by atoms with Crippen LogP contribution in [0.4, 0.5) is 5.82 Å². The van der Waals surface area contributed by atoms with E-state index in [2.05, 4.69) is 22.2 Å². The molecule has 6 heteroatoms. The number of nitrogens with zero attached hydrogens (tertiary/aromatic N) is 1. The third-order valence-corrected chi connectivity index (χ3v) is 4.13. The molecule has 0 bridgehead atoms. The van der Waals surface area contributed by atoms with Crippen molar-refractivity contribution in [3.63, 3.8) is 0 Å². The molecule has 0 amide bonds. The van der Waals surface area contributed by atoms with Gasteiger partial charge >= 0.3 is 0 Å². The molecular weight excluding hydrogens is 304 g/mol. The van der Waals surface area contributed by atoms with Crippen molar-refractivity contribution in [3.8, 4) is 5.75 Å². The molecule has 126 valence electrons. The van der Waals surface area contributed by atoms with E-state index in [4.69, 9.17) is 5.73 Å². The van der Waals surface area contributed by atoms with Crippen LogP contribution in [-0.2, 0) is 6.42 Å². The molecule has 24 heavy (non-hydrogen) atoms. The molecule has 3 rings (SSSR count). The van der Waals surface area contributed by atoms with Crippen LogP contribution in [0.5, 0.6) is 5.75 Å². The van der Waals surface area contributed by atoms with E-state index in [0.717, 1.165) is 28.5 Å². The van der Waals surface area contributed by atoms with Crippen molar-refractivity contribution in [1.29, 1.82) is 0 Å². The van der Waals surface area contributed by atoms with Gasteiger partial charge in [0.05, 0.1) is 6.10 Å². The minimum atomic E-state index is -0.632. The van der Waals surface area contributed by atoms with E-state index < -0.39 is 6.10 Å². The first-order valence-electron chi connectivity index (χ1n) is 7.95. The fourth-order valence-electron chi connectivity index (χ4n) is 2.78. The quantitative estimate of drug-likeness (QED) is 0.477. The number of nitrogens with two attached hydrogens (primary N) is 1. The van der Waals surface area contributed by atoms with Gasteiger partial charge in [0.2, 0.25) is 0 Å². The highest BCUT2D eigenvalue weighted by molar-refractivity contribution is 5.84. The third-order valence-electron chi connectivity index (χ3n) is 4.13. The summed E-state index contributed by atoms with van der Waals surface area (Å²) in [4.78, 5) is 7.20. The zero-order valence-electron chi connectivity index (χ0n) is 13.5. The van der Waals surface area contributed by atoms with Gasteiger partial charge in [0.1, 0.15) is 11.6 Å². The molecule has 0 radical (unpaired) electrons. The van der Waals surface area contributed by atoms with E-state index in [1.807, 2.05) is 12.3 Å². The fraction of sp³-hybridized carbons (Fsp3) is 0.278. The normalized spacial score (nSPS) is 13.9. The van der Waals surface area contributed by atoms with Gasteiger partial charge in [-0.25, -0.2) is 4.98 Å². The van der Waals surface area contributed by atoms with Crippen LogP contribution in [0.1, 0.15) is 24.2 Å². The van der Waals surface area contributed by atoms with Crippen molar-refractivity contribution in [1.82, 2.24) is 15.3 Å². The molecule has 0 unspecified atom stereocenters. The number of benzene rings is 1. The van der Waals surface area contributed by atoms with Crippen molar-refractivity contribution in [2.75, 3.05) is 12.3 Å². The minimum absolute atomic E-state index is 0.169. The largest absolute Gasteiger partial charge is 0.508 e. The zero-order chi connectivity index (χ0) is 17.1. The van der Waals surface area contributed by atoms with Crippen LogP contribution in [0, 0.1) is 0 Å². The summed E-state index contributed by atoms with van der Waals surface area (Å²) in [6.45, 7) is 2.50. The summed E-state index contributed by atoms with van der Waals surface area (Å²) in [5.41, 5.74) is 8.42. The number of hydrogen-bond acceptors (Lipinski definition) is 5. The van der Waals surface area contributed by atoms with Crippen LogP contribution in [0.15, 0.2) is 42.7 Å². The Bertz CT molecular complexity index is 814. The molecule has 0 aliphatic carbocycles. The predicted molar refractivity (Wildman–Crippen MR) is 94.7 cm³/mol. The van der Waals surface area contributed by atoms with Crippen LogP contribution in [0.2, 0.25) is 0 Å². The minimum Gasteiger partial charge on any atom is -0.508 e. The first kappa shape index (κ1) is 16.3. The van der Waals surface area contributed by atoms with Gasteiger partial charge in [0.15, 0.2) is 0 Å². The number of aromatic hydroxyl groups is 1. The number of nitrogens with one attached hydrogen (secondary N) is 2. The van der Waals surface area contributed by atoms with E-state index in [1.54, 1.807) is 30.5 Å². The number of rotatable bonds is 6. The molecule has 0 saturated carbocycles. The van der Waals surface area contributed by atoms with E-state index >= 15 is 0 Å². The number of pyridine rings is 1. The van der Waals surface area contributed by atoms with Crippen LogP contribution in [-0.4, -0.2) is 32.8 Å². The number of phenols is 1. The second kappa shape index (κ2) is 6.90. The molecule has 6 nitrogen and oxygen atoms in total. The summed E-state index contributed by atoms with van der Waals surface area (Å²) in [6.07, 6.45) is 3.71. The Morgan fingerprint density at radius 2 is 2.12 bits per heavy atom. The number of aliphatic hydroxyl groups is 1. The number of aromatic amines is 1. The van der Waals surface area contributed by atoms with Gasteiger partial charge in [-0.2, -0.15) is 0 Å². The highest BCUT2D eigenvalue weighted by Gasteiger charge is 2.12. The molecule has 2 aromatic heterocycles. The zero-order valence-corrected chi connectivity index (χ0v) is 13.5. The Morgan fingerprint density at radius 1 is 1.29 bits per heavy atom. The van der Waals surface area contributed by atoms with Gasteiger partial charge in [-0.15, -0.1) is 0 Å². The van der Waals surface area contributed by atoms with Crippen LogP contribution in [0.25, 0.3) is 10.9 Å². The summed E-state index contributed by atoms with van der Waals surface area (Å²) in [6, 6.07) is 8.93. The standard InChI is InChI=1S/C18H22N4O2/c1-11(20-10-17(24)12-2-5-18(19)22-8-12)6-13-9-21-16-4-3-14(23)7-15(13)16/h2-5,7-9,11,17,20-21,23-24H,6,10H2,1H3,(H2,19,22)/t11-,17-/m0/s1. The Labute approximate surface area is 140 Å². The molecule has 2 atom stereocenters. The van der Waals surface area contributed by atoms with E-state index in [9.17, 15) is 10.2 Å². The monoisotopic (exact) mass is 326 g/mol. The second-order valence-corrected chi connectivity index (χ2v) is 6.09. The molecular formula is C18H22N4O2. The highest BCUT2D eigenvalue weighted by Crippen LogP contribution is 2.24. The Kier molecular flexibility index (Phi) is 4.69. The van der Waals surface area contributed by atoms with Crippen molar-refractivity contribution < 1.29 is 10.2 Å².